The number of halogens is 1. The number of benzene rings is 2. The van der Waals surface area contributed by atoms with Crippen molar-refractivity contribution in [1.29, 1.82) is 0 Å². The number of primary amides is 2. The zero-order chi connectivity index (χ0) is 21.3. The van der Waals surface area contributed by atoms with E-state index in [9.17, 15) is 14.0 Å². The molecule has 0 unspecified atom stereocenters. The van der Waals surface area contributed by atoms with Gasteiger partial charge in [0.1, 0.15) is 5.82 Å². The summed E-state index contributed by atoms with van der Waals surface area (Å²) in [5.41, 5.74) is 12.3. The molecule has 0 spiro atoms. The molecule has 9 nitrogen and oxygen atoms in total. The average Bonchev–Trinajstić information content (AvgIpc) is 3.16. The van der Waals surface area contributed by atoms with Crippen LogP contribution < -0.4 is 16.8 Å². The van der Waals surface area contributed by atoms with Crippen molar-refractivity contribution in [1.82, 2.24) is 19.9 Å². The fourth-order valence-electron chi connectivity index (χ4n) is 3.07. The van der Waals surface area contributed by atoms with Gasteiger partial charge in [-0.1, -0.05) is 24.3 Å². The lowest BCUT2D eigenvalue weighted by Gasteiger charge is -2.08. The number of aromatic nitrogens is 4. The first-order chi connectivity index (χ1) is 14.4. The molecule has 2 amide bonds. The Morgan fingerprint density at radius 3 is 2.53 bits per heavy atom. The van der Waals surface area contributed by atoms with E-state index < -0.39 is 11.8 Å². The van der Waals surface area contributed by atoms with E-state index in [-0.39, 0.29) is 30.0 Å². The minimum atomic E-state index is -0.832. The maximum Gasteiger partial charge on any atom is 0.286 e. The van der Waals surface area contributed by atoms with Crippen molar-refractivity contribution in [2.45, 2.75) is 6.54 Å². The van der Waals surface area contributed by atoms with E-state index in [1.807, 2.05) is 0 Å². The first-order valence-corrected chi connectivity index (χ1v) is 8.87. The molecular formula is C20H16FN7O2. The summed E-state index contributed by atoms with van der Waals surface area (Å²) in [7, 11) is 0. The number of hydrogen-bond acceptors (Lipinski definition) is 6. The molecule has 0 radical (unpaired) electrons. The van der Waals surface area contributed by atoms with Gasteiger partial charge >= 0.3 is 0 Å². The van der Waals surface area contributed by atoms with E-state index in [1.165, 1.54) is 12.1 Å². The maximum atomic E-state index is 13.4. The number of nitrogens with one attached hydrogen (secondary N) is 2. The Bertz CT molecular complexity index is 1290. The molecule has 0 saturated heterocycles. The zero-order valence-electron chi connectivity index (χ0n) is 15.5. The molecule has 0 aliphatic carbocycles. The van der Waals surface area contributed by atoms with E-state index in [1.54, 1.807) is 36.5 Å². The number of amides is 2. The molecule has 4 rings (SSSR count). The Kier molecular flexibility index (Phi) is 4.80. The molecule has 2 aromatic heterocycles. The molecule has 0 fully saturated rings. The lowest BCUT2D eigenvalue weighted by molar-refractivity contribution is 0.0986. The first-order valence-electron chi connectivity index (χ1n) is 8.87. The van der Waals surface area contributed by atoms with Crippen LogP contribution in [-0.4, -0.2) is 31.8 Å². The standard InChI is InChI=1S/C20H16FN7O2/c21-11-4-1-3-10(7-11)8-25-20-27-18(26-19(28-20)17(23)30)15-12-5-2-6-13(16(22)29)14(12)9-24-15/h1-7,9,24H,8H2,(H2,22,29)(H2,23,30)(H,25,26,27,28). The molecule has 4 aromatic rings. The normalized spacial score (nSPS) is 10.8. The van der Waals surface area contributed by atoms with E-state index in [0.29, 0.717) is 27.6 Å². The van der Waals surface area contributed by atoms with Crippen LogP contribution in [0.3, 0.4) is 0 Å². The lowest BCUT2D eigenvalue weighted by atomic mass is 10.1. The number of hydrogen-bond donors (Lipinski definition) is 4. The van der Waals surface area contributed by atoms with Gasteiger partial charge in [0.25, 0.3) is 5.91 Å². The number of nitrogens with zero attached hydrogens (tertiary/aromatic N) is 3. The van der Waals surface area contributed by atoms with Gasteiger partial charge in [-0.25, -0.2) is 9.37 Å². The zero-order valence-corrected chi connectivity index (χ0v) is 15.5. The SMILES string of the molecule is NC(=O)c1nc(NCc2cccc(F)c2)nc(-c2[nH]cc3c(C(N)=O)cccc23)n1. The van der Waals surface area contributed by atoms with Gasteiger partial charge in [-0.3, -0.25) is 9.59 Å². The quantitative estimate of drug-likeness (QED) is 0.385. The number of fused-ring (bicyclic) bond motifs is 1. The summed E-state index contributed by atoms with van der Waals surface area (Å²) in [6.45, 7) is 0.219. The molecule has 0 saturated carbocycles. The number of carbonyl (C=O) groups excluding carboxylic acids is 2. The summed E-state index contributed by atoms with van der Waals surface area (Å²) in [6, 6.07) is 11.1. The Morgan fingerprint density at radius 1 is 1.00 bits per heavy atom. The van der Waals surface area contributed by atoms with Gasteiger partial charge in [-0.15, -0.1) is 0 Å². The monoisotopic (exact) mass is 405 g/mol. The highest BCUT2D eigenvalue weighted by molar-refractivity contribution is 6.09. The Morgan fingerprint density at radius 2 is 1.80 bits per heavy atom. The average molecular weight is 405 g/mol. The van der Waals surface area contributed by atoms with Crippen LogP contribution in [0.4, 0.5) is 10.3 Å². The van der Waals surface area contributed by atoms with Crippen molar-refractivity contribution in [2.75, 3.05) is 5.32 Å². The van der Waals surface area contributed by atoms with Crippen molar-refractivity contribution in [3.05, 3.63) is 71.4 Å². The molecule has 0 aliphatic rings. The number of carbonyl (C=O) groups is 2. The van der Waals surface area contributed by atoms with Crippen LogP contribution in [0.1, 0.15) is 26.5 Å². The van der Waals surface area contributed by atoms with Gasteiger partial charge in [0, 0.05) is 29.1 Å². The number of rotatable bonds is 6. The second-order valence-electron chi connectivity index (χ2n) is 6.45. The van der Waals surface area contributed by atoms with Gasteiger partial charge in [-0.05, 0) is 23.8 Å². The van der Waals surface area contributed by atoms with Crippen molar-refractivity contribution in [3.8, 4) is 11.5 Å². The Hall–Kier alpha value is -4.34. The molecule has 2 aromatic carbocycles. The Balaban J connectivity index is 1.75. The fraction of sp³-hybridized carbons (Fsp3) is 0.0500. The van der Waals surface area contributed by atoms with Crippen LogP contribution in [0.15, 0.2) is 48.7 Å². The third kappa shape index (κ3) is 3.65. The largest absolute Gasteiger partial charge is 0.366 e. The second kappa shape index (κ2) is 7.59. The van der Waals surface area contributed by atoms with Gasteiger partial charge in [0.2, 0.25) is 17.7 Å². The second-order valence-corrected chi connectivity index (χ2v) is 6.45. The van der Waals surface area contributed by atoms with Crippen LogP contribution in [0, 0.1) is 5.82 Å². The highest BCUT2D eigenvalue weighted by Crippen LogP contribution is 2.28. The molecule has 30 heavy (non-hydrogen) atoms. The fourth-order valence-corrected chi connectivity index (χ4v) is 3.07. The van der Waals surface area contributed by atoms with Gasteiger partial charge in [0.05, 0.1) is 5.69 Å². The summed E-state index contributed by atoms with van der Waals surface area (Å²) in [6.07, 6.45) is 1.61. The predicted octanol–water partition coefficient (Wildman–Crippen LogP) is 1.97. The van der Waals surface area contributed by atoms with Gasteiger partial charge in [-0.2, -0.15) is 9.97 Å². The Labute approximate surface area is 169 Å². The molecule has 10 heteroatoms. The molecule has 2 heterocycles. The molecule has 0 aliphatic heterocycles. The summed E-state index contributed by atoms with van der Waals surface area (Å²) < 4.78 is 13.4. The van der Waals surface area contributed by atoms with Gasteiger partial charge in [0.15, 0.2) is 5.82 Å². The van der Waals surface area contributed by atoms with Crippen LogP contribution in [0.25, 0.3) is 22.3 Å². The van der Waals surface area contributed by atoms with E-state index in [0.717, 1.165) is 0 Å². The summed E-state index contributed by atoms with van der Waals surface area (Å²) >= 11 is 0. The number of aromatic amines is 1. The number of H-pyrrole nitrogens is 1. The first kappa shape index (κ1) is 19.0. The van der Waals surface area contributed by atoms with Crippen molar-refractivity contribution >= 4 is 28.5 Å². The van der Waals surface area contributed by atoms with E-state index >= 15 is 0 Å². The molecule has 0 atom stereocenters. The number of nitrogens with two attached hydrogens (primary N) is 2. The highest BCUT2D eigenvalue weighted by atomic mass is 19.1. The molecule has 150 valence electrons. The number of anilines is 1. The topological polar surface area (TPSA) is 153 Å². The van der Waals surface area contributed by atoms with Crippen LogP contribution in [0.2, 0.25) is 0 Å². The smallest absolute Gasteiger partial charge is 0.286 e. The van der Waals surface area contributed by atoms with Crippen LogP contribution >= 0.6 is 0 Å². The minimum absolute atomic E-state index is 0.0897. The van der Waals surface area contributed by atoms with Crippen LogP contribution in [0.5, 0.6) is 0 Å². The predicted molar refractivity (Wildman–Crippen MR) is 108 cm³/mol. The van der Waals surface area contributed by atoms with E-state index in [2.05, 4.69) is 25.3 Å². The molecule has 6 N–H and O–H groups in total. The van der Waals surface area contributed by atoms with Crippen molar-refractivity contribution in [3.63, 3.8) is 0 Å². The van der Waals surface area contributed by atoms with E-state index in [4.69, 9.17) is 11.5 Å². The van der Waals surface area contributed by atoms with Crippen LogP contribution in [-0.2, 0) is 6.54 Å². The maximum absolute atomic E-state index is 13.4. The molecular weight excluding hydrogens is 389 g/mol. The summed E-state index contributed by atoms with van der Waals surface area (Å²) in [5, 5.41) is 4.17. The highest BCUT2D eigenvalue weighted by Gasteiger charge is 2.17. The minimum Gasteiger partial charge on any atom is -0.366 e. The lowest BCUT2D eigenvalue weighted by Crippen LogP contribution is -2.18. The summed E-state index contributed by atoms with van der Waals surface area (Å²) in [5.74, 6) is -1.77. The summed E-state index contributed by atoms with van der Waals surface area (Å²) in [4.78, 5) is 38.9. The molecule has 0 bridgehead atoms. The van der Waals surface area contributed by atoms with Crippen molar-refractivity contribution < 1.29 is 14.0 Å². The van der Waals surface area contributed by atoms with Crippen molar-refractivity contribution in [2.24, 2.45) is 11.5 Å². The van der Waals surface area contributed by atoms with Gasteiger partial charge < -0.3 is 21.8 Å². The third-order valence-electron chi connectivity index (χ3n) is 4.42. The third-order valence-corrected chi connectivity index (χ3v) is 4.42.